The summed E-state index contributed by atoms with van der Waals surface area (Å²) >= 11 is 1.87. The average molecular weight is 667 g/mol. The van der Waals surface area contributed by atoms with Crippen molar-refractivity contribution in [3.8, 4) is 56.2 Å². The minimum Gasteiger partial charge on any atom is -0.228 e. The highest BCUT2D eigenvalue weighted by Gasteiger charge is 2.16. The summed E-state index contributed by atoms with van der Waals surface area (Å²) in [6, 6.07) is 64.9. The number of benzene rings is 8. The lowest BCUT2D eigenvalue weighted by atomic mass is 9.93. The lowest BCUT2D eigenvalue weighted by molar-refractivity contribution is 1.19. The van der Waals surface area contributed by atoms with Crippen LogP contribution in [0.25, 0.3) is 97.9 Å². The molecule has 8 aromatic carbocycles. The SMILES string of the molecule is c1ccc(-c2cc(-c3ccc(-c4ccccc4)c4ccccc34)nc(-c3ccc4cc(-c5cccc6c5sc5ccccc56)ccc4c3)n2)cc1. The summed E-state index contributed by atoms with van der Waals surface area (Å²) in [5, 5.41) is 7.36. The number of nitrogens with zero attached hydrogens (tertiary/aromatic N) is 2. The van der Waals surface area contributed by atoms with Crippen molar-refractivity contribution in [1.29, 1.82) is 0 Å². The summed E-state index contributed by atoms with van der Waals surface area (Å²) in [7, 11) is 0. The Labute approximate surface area is 300 Å². The first-order valence-corrected chi connectivity index (χ1v) is 18.1. The summed E-state index contributed by atoms with van der Waals surface area (Å²) in [4.78, 5) is 10.4. The first-order chi connectivity index (χ1) is 25.3. The highest BCUT2D eigenvalue weighted by molar-refractivity contribution is 7.26. The van der Waals surface area contributed by atoms with E-state index in [1.54, 1.807) is 0 Å². The van der Waals surface area contributed by atoms with E-state index in [9.17, 15) is 0 Å². The lowest BCUT2D eigenvalue weighted by Crippen LogP contribution is -1.97. The molecule has 2 heterocycles. The summed E-state index contributed by atoms with van der Waals surface area (Å²) in [6.45, 7) is 0. The molecule has 238 valence electrons. The van der Waals surface area contributed by atoms with Gasteiger partial charge in [-0.2, -0.15) is 0 Å². The molecule has 3 heteroatoms. The van der Waals surface area contributed by atoms with Gasteiger partial charge >= 0.3 is 0 Å². The molecule has 0 atom stereocenters. The molecule has 51 heavy (non-hydrogen) atoms. The van der Waals surface area contributed by atoms with Gasteiger partial charge in [-0.05, 0) is 68.1 Å². The molecular weight excluding hydrogens is 637 g/mol. The van der Waals surface area contributed by atoms with Crippen LogP contribution in [-0.2, 0) is 0 Å². The quantitative estimate of drug-likeness (QED) is 0.183. The number of hydrogen-bond acceptors (Lipinski definition) is 3. The third kappa shape index (κ3) is 5.18. The number of fused-ring (bicyclic) bond motifs is 5. The Morgan fingerprint density at radius 3 is 1.71 bits per heavy atom. The highest BCUT2D eigenvalue weighted by atomic mass is 32.1. The van der Waals surface area contributed by atoms with Crippen molar-refractivity contribution in [2.45, 2.75) is 0 Å². The molecule has 0 aliphatic carbocycles. The maximum atomic E-state index is 5.27. The Morgan fingerprint density at radius 1 is 0.333 bits per heavy atom. The van der Waals surface area contributed by atoms with Crippen LogP contribution in [0.5, 0.6) is 0 Å². The van der Waals surface area contributed by atoms with Crippen molar-refractivity contribution >= 4 is 53.1 Å². The van der Waals surface area contributed by atoms with Crippen LogP contribution in [0.3, 0.4) is 0 Å². The van der Waals surface area contributed by atoms with E-state index in [0.717, 1.165) is 33.5 Å². The number of aromatic nitrogens is 2. The van der Waals surface area contributed by atoms with E-state index >= 15 is 0 Å². The summed E-state index contributed by atoms with van der Waals surface area (Å²) < 4.78 is 2.65. The van der Waals surface area contributed by atoms with Gasteiger partial charge in [-0.15, -0.1) is 11.3 Å². The molecule has 10 rings (SSSR count). The van der Waals surface area contributed by atoms with Crippen LogP contribution in [0.2, 0.25) is 0 Å². The summed E-state index contributed by atoms with van der Waals surface area (Å²) in [6.07, 6.45) is 0. The fraction of sp³-hybridized carbons (Fsp3) is 0. The molecule has 0 saturated carbocycles. The lowest BCUT2D eigenvalue weighted by Gasteiger charge is -2.14. The standard InChI is InChI=1S/C48H30N2S/c1-3-12-31(13-4-1)37-26-27-41(40-17-8-7-16-39(37)40)45-30-44(32-14-5-2-6-15-32)49-48(50-45)36-25-23-33-28-35(24-22-34(33)29-36)38-19-11-20-43-42-18-9-10-21-46(42)51-47(38)43/h1-30H. The zero-order valence-electron chi connectivity index (χ0n) is 27.6. The second-order valence-electron chi connectivity index (χ2n) is 13.0. The minimum atomic E-state index is 0.712. The molecule has 0 aliphatic heterocycles. The minimum absolute atomic E-state index is 0.712. The zero-order chi connectivity index (χ0) is 33.7. The molecule has 0 saturated heterocycles. The van der Waals surface area contributed by atoms with Gasteiger partial charge in [-0.25, -0.2) is 9.97 Å². The normalized spacial score (nSPS) is 11.5. The molecule has 2 nitrogen and oxygen atoms in total. The van der Waals surface area contributed by atoms with Crippen molar-refractivity contribution in [2.75, 3.05) is 0 Å². The summed E-state index contributed by atoms with van der Waals surface area (Å²) in [5.74, 6) is 0.712. The van der Waals surface area contributed by atoms with E-state index in [-0.39, 0.29) is 0 Å². The van der Waals surface area contributed by atoms with Crippen molar-refractivity contribution in [2.24, 2.45) is 0 Å². The van der Waals surface area contributed by atoms with E-state index in [4.69, 9.17) is 9.97 Å². The van der Waals surface area contributed by atoms with Gasteiger partial charge in [-0.3, -0.25) is 0 Å². The zero-order valence-corrected chi connectivity index (χ0v) is 28.4. The second-order valence-corrected chi connectivity index (χ2v) is 14.0. The molecule has 0 unspecified atom stereocenters. The van der Waals surface area contributed by atoms with E-state index in [1.165, 1.54) is 58.6 Å². The van der Waals surface area contributed by atoms with Gasteiger partial charge < -0.3 is 0 Å². The first-order valence-electron chi connectivity index (χ1n) is 17.2. The molecule has 0 aliphatic rings. The first kappa shape index (κ1) is 29.5. The van der Waals surface area contributed by atoms with E-state index in [0.29, 0.717) is 5.82 Å². The van der Waals surface area contributed by atoms with Gasteiger partial charge in [0.1, 0.15) is 0 Å². The average Bonchev–Trinajstić information content (AvgIpc) is 3.59. The molecule has 10 aromatic rings. The molecule has 0 fully saturated rings. The molecule has 2 aromatic heterocycles. The Morgan fingerprint density at radius 2 is 0.922 bits per heavy atom. The number of rotatable bonds is 5. The topological polar surface area (TPSA) is 25.8 Å². The van der Waals surface area contributed by atoms with Crippen LogP contribution in [0.4, 0.5) is 0 Å². The Bertz CT molecular complexity index is 2910. The van der Waals surface area contributed by atoms with Gasteiger partial charge in [0.2, 0.25) is 0 Å². The van der Waals surface area contributed by atoms with E-state index < -0.39 is 0 Å². The van der Waals surface area contributed by atoms with Gasteiger partial charge in [0.15, 0.2) is 5.82 Å². The van der Waals surface area contributed by atoms with Gasteiger partial charge in [0.25, 0.3) is 0 Å². The molecule has 0 radical (unpaired) electrons. The van der Waals surface area contributed by atoms with Crippen LogP contribution in [-0.4, -0.2) is 9.97 Å². The van der Waals surface area contributed by atoms with Crippen LogP contribution in [0.15, 0.2) is 182 Å². The maximum absolute atomic E-state index is 5.27. The predicted molar refractivity (Wildman–Crippen MR) is 217 cm³/mol. The molecular formula is C48H30N2S. The predicted octanol–water partition coefficient (Wildman–Crippen LogP) is 13.5. The Balaban J connectivity index is 1.10. The van der Waals surface area contributed by atoms with Crippen molar-refractivity contribution < 1.29 is 0 Å². The molecule has 0 amide bonds. The highest BCUT2D eigenvalue weighted by Crippen LogP contribution is 2.41. The van der Waals surface area contributed by atoms with Crippen LogP contribution >= 0.6 is 11.3 Å². The van der Waals surface area contributed by atoms with Crippen molar-refractivity contribution in [3.05, 3.63) is 182 Å². The Kier molecular flexibility index (Phi) is 7.04. The smallest absolute Gasteiger partial charge is 0.160 e. The number of hydrogen-bond donors (Lipinski definition) is 0. The summed E-state index contributed by atoms with van der Waals surface area (Å²) in [5.41, 5.74) is 9.86. The Hall–Kier alpha value is -6.42. The van der Waals surface area contributed by atoms with Gasteiger partial charge in [0, 0.05) is 36.9 Å². The maximum Gasteiger partial charge on any atom is 0.160 e. The van der Waals surface area contributed by atoms with Gasteiger partial charge in [0.05, 0.1) is 11.4 Å². The molecule has 0 bridgehead atoms. The third-order valence-electron chi connectivity index (χ3n) is 9.89. The third-order valence-corrected chi connectivity index (χ3v) is 11.1. The van der Waals surface area contributed by atoms with Crippen LogP contribution in [0.1, 0.15) is 0 Å². The largest absolute Gasteiger partial charge is 0.228 e. The molecule has 0 spiro atoms. The second kappa shape index (κ2) is 12.2. The van der Waals surface area contributed by atoms with Crippen LogP contribution < -0.4 is 0 Å². The van der Waals surface area contributed by atoms with Crippen LogP contribution in [0, 0.1) is 0 Å². The van der Waals surface area contributed by atoms with Gasteiger partial charge in [-0.1, -0.05) is 158 Å². The fourth-order valence-corrected chi connectivity index (χ4v) is 8.63. The molecule has 0 N–H and O–H groups in total. The van der Waals surface area contributed by atoms with E-state index in [2.05, 4.69) is 176 Å². The fourth-order valence-electron chi connectivity index (χ4n) is 7.39. The number of thiophene rings is 1. The monoisotopic (exact) mass is 666 g/mol. The van der Waals surface area contributed by atoms with E-state index in [1.807, 2.05) is 17.4 Å². The van der Waals surface area contributed by atoms with Crippen molar-refractivity contribution in [1.82, 2.24) is 9.97 Å². The van der Waals surface area contributed by atoms with Crippen molar-refractivity contribution in [3.63, 3.8) is 0 Å².